The molecule has 0 aliphatic rings. The lowest BCUT2D eigenvalue weighted by atomic mass is 10.1. The van der Waals surface area contributed by atoms with Gasteiger partial charge in [0.1, 0.15) is 0 Å². The molecule has 1 nitrogen and oxygen atoms in total. The van der Waals surface area contributed by atoms with E-state index < -0.39 is 0 Å². The van der Waals surface area contributed by atoms with Gasteiger partial charge in [-0.3, -0.25) is 4.79 Å². The molecule has 0 atom stereocenters. The first-order chi connectivity index (χ1) is 7.17. The second kappa shape index (κ2) is 5.72. The van der Waals surface area contributed by atoms with E-state index in [2.05, 4.69) is 19.1 Å². The van der Waals surface area contributed by atoms with Crippen LogP contribution in [0, 0.1) is 0 Å². The van der Waals surface area contributed by atoms with Crippen molar-refractivity contribution < 1.29 is 4.79 Å². The Morgan fingerprint density at radius 1 is 1.33 bits per heavy atom. The summed E-state index contributed by atoms with van der Waals surface area (Å²) in [5, 5.41) is 0. The van der Waals surface area contributed by atoms with Crippen molar-refractivity contribution in [2.45, 2.75) is 20.3 Å². The molecule has 0 aromatic heterocycles. The molecule has 0 spiro atoms. The standard InChI is InChI=1S/C13H15ClO/c1-3-11-4-6-12(7-5-11)8-13(9-14)10(2)15/h4-8H,3,9H2,1-2H3/b13-8+. The molecule has 1 rings (SSSR count). The van der Waals surface area contributed by atoms with Crippen molar-refractivity contribution in [2.24, 2.45) is 0 Å². The number of hydrogen-bond donors (Lipinski definition) is 0. The number of ketones is 1. The molecule has 80 valence electrons. The van der Waals surface area contributed by atoms with Gasteiger partial charge in [0.15, 0.2) is 5.78 Å². The molecule has 1 aromatic carbocycles. The number of alkyl halides is 1. The maximum Gasteiger partial charge on any atom is 0.157 e. The van der Waals surface area contributed by atoms with Crippen LogP contribution in [0.2, 0.25) is 0 Å². The number of Topliss-reactive ketones (excluding diaryl/α,β-unsaturated/α-hetero) is 1. The molecular weight excluding hydrogens is 208 g/mol. The monoisotopic (exact) mass is 222 g/mol. The fourth-order valence-corrected chi connectivity index (χ4v) is 1.55. The van der Waals surface area contributed by atoms with Crippen molar-refractivity contribution in [3.05, 3.63) is 41.0 Å². The Morgan fingerprint density at radius 3 is 2.33 bits per heavy atom. The van der Waals surface area contributed by atoms with Crippen molar-refractivity contribution in [1.29, 1.82) is 0 Å². The van der Waals surface area contributed by atoms with Gasteiger partial charge in [0.2, 0.25) is 0 Å². The fraction of sp³-hybridized carbons (Fsp3) is 0.308. The van der Waals surface area contributed by atoms with E-state index in [0.717, 1.165) is 12.0 Å². The molecule has 0 unspecified atom stereocenters. The van der Waals surface area contributed by atoms with Crippen molar-refractivity contribution in [3.63, 3.8) is 0 Å². The molecule has 0 amide bonds. The molecule has 15 heavy (non-hydrogen) atoms. The fourth-order valence-electron chi connectivity index (χ4n) is 1.29. The van der Waals surface area contributed by atoms with Crippen LogP contribution >= 0.6 is 11.6 Å². The number of benzene rings is 1. The number of allylic oxidation sites excluding steroid dienone is 1. The topological polar surface area (TPSA) is 17.1 Å². The summed E-state index contributed by atoms with van der Waals surface area (Å²) in [5.41, 5.74) is 2.97. The number of carbonyl (C=O) groups excluding carboxylic acids is 1. The van der Waals surface area contributed by atoms with E-state index in [0.29, 0.717) is 5.57 Å². The van der Waals surface area contributed by atoms with Crippen LogP contribution in [0.4, 0.5) is 0 Å². The number of halogens is 1. The highest BCUT2D eigenvalue weighted by atomic mass is 35.5. The van der Waals surface area contributed by atoms with Crippen LogP contribution in [-0.2, 0) is 11.2 Å². The van der Waals surface area contributed by atoms with Crippen molar-refractivity contribution in [3.8, 4) is 0 Å². The van der Waals surface area contributed by atoms with E-state index in [1.165, 1.54) is 12.5 Å². The first-order valence-electron chi connectivity index (χ1n) is 5.03. The van der Waals surface area contributed by atoms with Gasteiger partial charge in [0.25, 0.3) is 0 Å². The molecule has 1 aromatic rings. The zero-order valence-electron chi connectivity index (χ0n) is 9.09. The van der Waals surface area contributed by atoms with Crippen molar-refractivity contribution in [1.82, 2.24) is 0 Å². The van der Waals surface area contributed by atoms with Crippen LogP contribution in [-0.4, -0.2) is 11.7 Å². The molecule has 0 aliphatic heterocycles. The average Bonchev–Trinajstić information content (AvgIpc) is 2.26. The third-order valence-electron chi connectivity index (χ3n) is 2.33. The maximum atomic E-state index is 11.1. The zero-order valence-corrected chi connectivity index (χ0v) is 9.84. The van der Waals surface area contributed by atoms with E-state index in [4.69, 9.17) is 11.6 Å². The molecule has 0 fully saturated rings. The zero-order chi connectivity index (χ0) is 11.3. The maximum absolute atomic E-state index is 11.1. The molecule has 0 radical (unpaired) electrons. The van der Waals surface area contributed by atoms with Gasteiger partial charge in [-0.05, 0) is 30.5 Å². The molecular formula is C13H15ClO. The van der Waals surface area contributed by atoms with Crippen LogP contribution in [0.5, 0.6) is 0 Å². The lowest BCUT2D eigenvalue weighted by Crippen LogP contribution is -1.97. The van der Waals surface area contributed by atoms with Gasteiger partial charge < -0.3 is 0 Å². The van der Waals surface area contributed by atoms with Gasteiger partial charge in [-0.1, -0.05) is 31.2 Å². The summed E-state index contributed by atoms with van der Waals surface area (Å²) >= 11 is 5.68. The Balaban J connectivity index is 2.92. The molecule has 0 saturated carbocycles. The second-order valence-corrected chi connectivity index (χ2v) is 3.72. The van der Waals surface area contributed by atoms with E-state index in [1.807, 2.05) is 18.2 Å². The summed E-state index contributed by atoms with van der Waals surface area (Å²) in [6, 6.07) is 8.15. The summed E-state index contributed by atoms with van der Waals surface area (Å²) in [5.74, 6) is 0.301. The SMILES string of the molecule is CCc1ccc(/C=C(\CCl)C(C)=O)cc1. The number of aryl methyl sites for hydroxylation is 1. The van der Waals surface area contributed by atoms with Gasteiger partial charge in [0.05, 0.1) is 5.88 Å². The third-order valence-corrected chi connectivity index (χ3v) is 2.61. The van der Waals surface area contributed by atoms with Gasteiger partial charge >= 0.3 is 0 Å². The smallest absolute Gasteiger partial charge is 0.157 e. The summed E-state index contributed by atoms with van der Waals surface area (Å²) < 4.78 is 0. The van der Waals surface area contributed by atoms with E-state index in [1.54, 1.807) is 0 Å². The Morgan fingerprint density at radius 2 is 1.93 bits per heavy atom. The highest BCUT2D eigenvalue weighted by Crippen LogP contribution is 2.11. The van der Waals surface area contributed by atoms with Gasteiger partial charge in [-0.15, -0.1) is 11.6 Å². The predicted octanol–water partition coefficient (Wildman–Crippen LogP) is 3.46. The number of hydrogen-bond acceptors (Lipinski definition) is 1. The predicted molar refractivity (Wildman–Crippen MR) is 65.2 cm³/mol. The van der Waals surface area contributed by atoms with Gasteiger partial charge in [0, 0.05) is 5.57 Å². The Hall–Kier alpha value is -1.08. The van der Waals surface area contributed by atoms with Crippen LogP contribution in [0.25, 0.3) is 6.08 Å². The minimum Gasteiger partial charge on any atom is -0.295 e. The molecule has 0 heterocycles. The molecule has 0 aliphatic carbocycles. The number of carbonyl (C=O) groups is 1. The third kappa shape index (κ3) is 3.52. The summed E-state index contributed by atoms with van der Waals surface area (Å²) in [4.78, 5) is 11.1. The molecule has 0 bridgehead atoms. The van der Waals surface area contributed by atoms with E-state index >= 15 is 0 Å². The largest absolute Gasteiger partial charge is 0.295 e. The first kappa shape index (κ1) is 12.0. The second-order valence-electron chi connectivity index (χ2n) is 3.45. The summed E-state index contributed by atoms with van der Waals surface area (Å²) in [6.45, 7) is 3.65. The Bertz CT molecular complexity index is 363. The lowest BCUT2D eigenvalue weighted by Gasteiger charge is -2.00. The first-order valence-corrected chi connectivity index (χ1v) is 5.57. The molecule has 0 saturated heterocycles. The van der Waals surface area contributed by atoms with Crippen LogP contribution in [0.1, 0.15) is 25.0 Å². The quantitative estimate of drug-likeness (QED) is 0.563. The average molecular weight is 223 g/mol. The van der Waals surface area contributed by atoms with Gasteiger partial charge in [-0.25, -0.2) is 0 Å². The minimum absolute atomic E-state index is 0.0320. The normalized spacial score (nSPS) is 11.5. The van der Waals surface area contributed by atoms with Crippen molar-refractivity contribution >= 4 is 23.5 Å². The molecule has 2 heteroatoms. The highest BCUT2D eigenvalue weighted by Gasteiger charge is 2.01. The van der Waals surface area contributed by atoms with Crippen molar-refractivity contribution in [2.75, 3.05) is 5.88 Å². The highest BCUT2D eigenvalue weighted by molar-refractivity contribution is 6.23. The van der Waals surface area contributed by atoms with E-state index in [9.17, 15) is 4.79 Å². The minimum atomic E-state index is 0.0320. The lowest BCUT2D eigenvalue weighted by molar-refractivity contribution is -0.113. The van der Waals surface area contributed by atoms with Crippen LogP contribution in [0.15, 0.2) is 29.8 Å². The Kier molecular flexibility index (Phi) is 4.57. The van der Waals surface area contributed by atoms with Gasteiger partial charge in [-0.2, -0.15) is 0 Å². The van der Waals surface area contributed by atoms with E-state index in [-0.39, 0.29) is 11.7 Å². The summed E-state index contributed by atoms with van der Waals surface area (Å²) in [7, 11) is 0. The van der Waals surface area contributed by atoms with Crippen LogP contribution < -0.4 is 0 Å². The van der Waals surface area contributed by atoms with Crippen LogP contribution in [0.3, 0.4) is 0 Å². The molecule has 0 N–H and O–H groups in total. The Labute approximate surface area is 95.8 Å². The summed E-state index contributed by atoms with van der Waals surface area (Å²) in [6.07, 6.45) is 2.87. The number of rotatable bonds is 4.